The predicted octanol–water partition coefficient (Wildman–Crippen LogP) is 3.39. The number of para-hydroxylation sites is 2. The van der Waals surface area contributed by atoms with Crippen LogP contribution in [0.2, 0.25) is 0 Å². The van der Waals surface area contributed by atoms with Gasteiger partial charge in [-0.15, -0.1) is 0 Å². The number of benzene rings is 2. The molecule has 0 radical (unpaired) electrons. The lowest BCUT2D eigenvalue weighted by Crippen LogP contribution is -2.74. The molecule has 2 fully saturated rings. The van der Waals surface area contributed by atoms with Crippen LogP contribution in [0.1, 0.15) is 17.0 Å². The van der Waals surface area contributed by atoms with Crippen molar-refractivity contribution in [3.05, 3.63) is 71.5 Å². The summed E-state index contributed by atoms with van der Waals surface area (Å²) < 4.78 is 7.81. The predicted molar refractivity (Wildman–Crippen MR) is 149 cm³/mol. The summed E-state index contributed by atoms with van der Waals surface area (Å²) in [5.41, 5.74) is 4.64. The number of hydrogen-bond acceptors (Lipinski definition) is 6. The van der Waals surface area contributed by atoms with Gasteiger partial charge in [-0.05, 0) is 68.3 Å². The van der Waals surface area contributed by atoms with Crippen LogP contribution in [0, 0.1) is 19.3 Å². The molecule has 4 amide bonds. The zero-order valence-electron chi connectivity index (χ0n) is 23.0. The number of nitrogens with zero attached hydrogens (tertiary/aromatic N) is 5. The Hall–Kier alpha value is -4.27. The van der Waals surface area contributed by atoms with E-state index in [1.165, 1.54) is 14.1 Å². The molecule has 0 aliphatic carbocycles. The Bertz CT molecular complexity index is 1470. The van der Waals surface area contributed by atoms with E-state index < -0.39 is 29.3 Å². The van der Waals surface area contributed by atoms with Crippen LogP contribution in [0.4, 0.5) is 16.2 Å². The molecule has 6 rings (SSSR count). The Balaban J connectivity index is 1.51. The second-order valence-electron chi connectivity index (χ2n) is 10.8. The van der Waals surface area contributed by atoms with Crippen molar-refractivity contribution in [2.45, 2.75) is 26.3 Å². The summed E-state index contributed by atoms with van der Waals surface area (Å²) in [4.78, 5) is 47.6. The molecule has 3 aliphatic rings. The molecule has 202 valence electrons. The number of aryl methyl sites for hydroxylation is 2. The number of urea groups is 1. The van der Waals surface area contributed by atoms with Gasteiger partial charge in [-0.2, -0.15) is 0 Å². The van der Waals surface area contributed by atoms with Crippen molar-refractivity contribution < 1.29 is 19.1 Å². The van der Waals surface area contributed by atoms with Crippen LogP contribution >= 0.6 is 0 Å². The Kier molecular flexibility index (Phi) is 5.71. The maximum Gasteiger partial charge on any atom is 0.332 e. The van der Waals surface area contributed by atoms with Gasteiger partial charge in [-0.25, -0.2) is 4.79 Å². The van der Waals surface area contributed by atoms with Crippen molar-refractivity contribution in [3.8, 4) is 11.4 Å². The number of amides is 4. The van der Waals surface area contributed by atoms with Crippen molar-refractivity contribution in [2.75, 3.05) is 50.6 Å². The minimum absolute atomic E-state index is 0.218. The third-order valence-corrected chi connectivity index (χ3v) is 8.69. The Morgan fingerprint density at radius 3 is 2.18 bits per heavy atom. The molecule has 0 N–H and O–H groups in total. The largest absolute Gasteiger partial charge is 0.495 e. The third kappa shape index (κ3) is 3.48. The fourth-order valence-corrected chi connectivity index (χ4v) is 6.75. The van der Waals surface area contributed by atoms with Crippen LogP contribution in [0.15, 0.2) is 54.6 Å². The quantitative estimate of drug-likeness (QED) is 0.486. The number of piperazine rings is 1. The van der Waals surface area contributed by atoms with Gasteiger partial charge in [0, 0.05) is 56.5 Å². The first-order valence-electron chi connectivity index (χ1n) is 13.2. The summed E-state index contributed by atoms with van der Waals surface area (Å²) in [5.74, 6) is -0.155. The third-order valence-electron chi connectivity index (χ3n) is 8.69. The molecular formula is C30H33N5O4. The first kappa shape index (κ1) is 25.0. The molecule has 4 heterocycles. The molecule has 39 heavy (non-hydrogen) atoms. The van der Waals surface area contributed by atoms with Crippen LogP contribution < -0.4 is 14.5 Å². The molecule has 9 nitrogen and oxygen atoms in total. The summed E-state index contributed by atoms with van der Waals surface area (Å²) in [6.45, 7) is 5.86. The van der Waals surface area contributed by atoms with Crippen LogP contribution in [-0.2, 0) is 16.0 Å². The highest BCUT2D eigenvalue weighted by atomic mass is 16.5. The van der Waals surface area contributed by atoms with Gasteiger partial charge in [0.05, 0.1) is 18.8 Å². The fourth-order valence-electron chi connectivity index (χ4n) is 6.75. The fraction of sp³-hybridized carbons (Fsp3) is 0.367. The number of methoxy groups -OCH3 is 1. The number of rotatable bonds is 3. The zero-order valence-corrected chi connectivity index (χ0v) is 23.0. The first-order chi connectivity index (χ1) is 18.7. The van der Waals surface area contributed by atoms with E-state index in [2.05, 4.69) is 58.5 Å². The number of aromatic nitrogens is 1. The van der Waals surface area contributed by atoms with E-state index in [0.29, 0.717) is 19.6 Å². The number of fused-ring (bicyclic) bond motifs is 4. The molecule has 2 aromatic carbocycles. The van der Waals surface area contributed by atoms with E-state index in [9.17, 15) is 14.4 Å². The van der Waals surface area contributed by atoms with Crippen LogP contribution in [0.5, 0.6) is 5.75 Å². The van der Waals surface area contributed by atoms with E-state index in [0.717, 1.165) is 49.6 Å². The number of imide groups is 2. The van der Waals surface area contributed by atoms with Gasteiger partial charge in [-0.3, -0.25) is 19.4 Å². The van der Waals surface area contributed by atoms with Crippen LogP contribution in [-0.4, -0.2) is 79.1 Å². The summed E-state index contributed by atoms with van der Waals surface area (Å²) >= 11 is 0. The number of carbonyl (C=O) groups excluding carboxylic acids is 3. The van der Waals surface area contributed by atoms with Crippen molar-refractivity contribution >= 4 is 29.2 Å². The van der Waals surface area contributed by atoms with E-state index >= 15 is 0 Å². The average Bonchev–Trinajstić information content (AvgIpc) is 3.30. The average molecular weight is 528 g/mol. The maximum absolute atomic E-state index is 14.1. The first-order valence-corrected chi connectivity index (χ1v) is 13.2. The molecule has 3 aliphatic heterocycles. The Morgan fingerprint density at radius 1 is 0.846 bits per heavy atom. The van der Waals surface area contributed by atoms with Crippen molar-refractivity contribution in [2.24, 2.45) is 5.41 Å². The number of anilines is 2. The van der Waals surface area contributed by atoms with E-state index in [-0.39, 0.29) is 6.42 Å². The highest BCUT2D eigenvalue weighted by Crippen LogP contribution is 2.48. The molecule has 0 saturated carbocycles. The van der Waals surface area contributed by atoms with Gasteiger partial charge < -0.3 is 19.1 Å². The molecule has 2 saturated heterocycles. The lowest BCUT2D eigenvalue weighted by Gasteiger charge is -2.56. The van der Waals surface area contributed by atoms with Gasteiger partial charge in [0.2, 0.25) is 11.8 Å². The van der Waals surface area contributed by atoms with Crippen molar-refractivity contribution in [3.63, 3.8) is 0 Å². The van der Waals surface area contributed by atoms with Gasteiger partial charge in [0.15, 0.2) is 5.41 Å². The van der Waals surface area contributed by atoms with Gasteiger partial charge >= 0.3 is 6.03 Å². The van der Waals surface area contributed by atoms with Gasteiger partial charge in [0.1, 0.15) is 5.75 Å². The number of barbiturate groups is 1. The SMILES string of the molecule is COc1ccccc1N1CCN2c3ccc(-n4c(C)ccc4C)cc3CC3(C(=O)N(C)C(=O)N(C)C3=O)[C@H]2C1. The molecule has 9 heteroatoms. The second kappa shape index (κ2) is 8.90. The second-order valence-corrected chi connectivity index (χ2v) is 10.8. The molecule has 0 bridgehead atoms. The zero-order chi connectivity index (χ0) is 27.6. The standard InChI is InChI=1S/C30H33N5O4/c1-19-10-11-20(2)35(19)22-12-13-23-21(16-22)17-30(27(36)31(3)29(38)32(4)28(30)37)26-18-33(14-15-34(23)26)24-8-6-7-9-25(24)39-5/h6-13,16,26H,14-15,17-18H2,1-5H3/t26-/m1/s1. The van der Waals surface area contributed by atoms with E-state index in [1.807, 2.05) is 24.3 Å². The van der Waals surface area contributed by atoms with Gasteiger partial charge in [-0.1, -0.05) is 12.1 Å². The molecule has 1 spiro atoms. The smallest absolute Gasteiger partial charge is 0.332 e. The lowest BCUT2D eigenvalue weighted by molar-refractivity contribution is -0.159. The summed E-state index contributed by atoms with van der Waals surface area (Å²) in [6, 6.07) is 17.2. The summed E-state index contributed by atoms with van der Waals surface area (Å²) in [6.07, 6.45) is 0.218. The molecule has 0 unspecified atom stereocenters. The summed E-state index contributed by atoms with van der Waals surface area (Å²) in [5, 5.41) is 0. The van der Waals surface area contributed by atoms with Crippen molar-refractivity contribution in [1.29, 1.82) is 0 Å². The minimum Gasteiger partial charge on any atom is -0.495 e. The van der Waals surface area contributed by atoms with Gasteiger partial charge in [0.25, 0.3) is 0 Å². The normalized spacial score (nSPS) is 20.4. The highest BCUT2D eigenvalue weighted by molar-refractivity contribution is 6.20. The number of ether oxygens (including phenoxy) is 1. The molecular weight excluding hydrogens is 494 g/mol. The van der Waals surface area contributed by atoms with E-state index in [1.54, 1.807) is 7.11 Å². The number of carbonyl (C=O) groups is 3. The molecule has 1 aromatic heterocycles. The Labute approximate surface area is 228 Å². The van der Waals surface area contributed by atoms with Crippen LogP contribution in [0.3, 0.4) is 0 Å². The monoisotopic (exact) mass is 527 g/mol. The molecule has 3 aromatic rings. The minimum atomic E-state index is -1.44. The Morgan fingerprint density at radius 2 is 1.51 bits per heavy atom. The maximum atomic E-state index is 14.1. The topological polar surface area (TPSA) is 78.3 Å². The summed E-state index contributed by atoms with van der Waals surface area (Å²) in [7, 11) is 4.58. The van der Waals surface area contributed by atoms with Crippen LogP contribution in [0.25, 0.3) is 5.69 Å². The van der Waals surface area contributed by atoms with Crippen molar-refractivity contribution in [1.82, 2.24) is 14.4 Å². The van der Waals surface area contributed by atoms with E-state index in [4.69, 9.17) is 4.74 Å². The highest BCUT2D eigenvalue weighted by Gasteiger charge is 2.64. The number of hydrogen-bond donors (Lipinski definition) is 0. The lowest BCUT2D eigenvalue weighted by atomic mass is 9.67. The molecule has 1 atom stereocenters.